The lowest BCUT2D eigenvalue weighted by Gasteiger charge is -2.38. The molecule has 0 aliphatic carbocycles. The Balaban J connectivity index is 3.07. The molecule has 0 bridgehead atoms. The Morgan fingerprint density at radius 2 is 0.611 bits per heavy atom. The van der Waals surface area contributed by atoms with Crippen molar-refractivity contribution in [3.05, 3.63) is 9.75 Å². The van der Waals surface area contributed by atoms with Gasteiger partial charge in [-0.25, -0.2) is 20.3 Å². The van der Waals surface area contributed by atoms with Gasteiger partial charge in [0.1, 0.15) is 22.7 Å². The second-order valence-electron chi connectivity index (χ2n) is 13.3. The maximum atomic E-state index is 11.5. The first-order valence-electron chi connectivity index (χ1n) is 12.2. The molecule has 0 aromatic carbocycles. The normalized spacial score (nSPS) is 13.3. The van der Waals surface area contributed by atoms with Gasteiger partial charge in [-0.3, -0.25) is 20.8 Å². The van der Waals surface area contributed by atoms with Crippen molar-refractivity contribution in [2.45, 2.75) is 119 Å². The van der Waals surface area contributed by atoms with E-state index in [2.05, 4.69) is 0 Å². The molecule has 10 heteroatoms. The summed E-state index contributed by atoms with van der Waals surface area (Å²) in [6.45, 7) is 26.5. The number of rotatable bonds is 5. The number of hydrogen-bond acceptors (Lipinski definition) is 10. The van der Waals surface area contributed by atoms with Crippen LogP contribution in [0.4, 0.5) is 22.7 Å². The van der Waals surface area contributed by atoms with Gasteiger partial charge >= 0.3 is 0 Å². The highest BCUT2D eigenvalue weighted by Gasteiger charge is 2.39. The Bertz CT molecular complexity index is 996. The van der Waals surface area contributed by atoms with Crippen LogP contribution < -0.4 is 20.3 Å². The van der Waals surface area contributed by atoms with E-state index < -0.39 is 22.2 Å². The molecule has 0 fully saturated rings. The molecular weight excluding hydrogens is 496 g/mol. The molecule has 2 rings (SSSR count). The number of anilines is 4. The molecule has 2 aromatic heterocycles. The van der Waals surface area contributed by atoms with E-state index in [9.17, 15) is 20.8 Å². The third-order valence-corrected chi connectivity index (χ3v) is 7.98. The summed E-state index contributed by atoms with van der Waals surface area (Å²) >= 11 is 2.87. The molecule has 0 radical (unpaired) electrons. The second-order valence-corrected chi connectivity index (χ2v) is 15.7. The minimum Gasteiger partial charge on any atom is -0.288 e. The van der Waals surface area contributed by atoms with Gasteiger partial charge < -0.3 is 0 Å². The van der Waals surface area contributed by atoms with Gasteiger partial charge in [0.05, 0.1) is 31.9 Å². The number of hydroxylamine groups is 4. The Hall–Kier alpha value is -1.56. The van der Waals surface area contributed by atoms with E-state index in [1.165, 1.54) is 42.9 Å². The molecule has 0 amide bonds. The fraction of sp³-hybridized carbons (Fsp3) is 0.692. The minimum absolute atomic E-state index is 0.457. The third kappa shape index (κ3) is 5.79. The van der Waals surface area contributed by atoms with Crippen molar-refractivity contribution >= 4 is 45.4 Å². The first kappa shape index (κ1) is 30.7. The average Bonchev–Trinajstić information content (AvgIpc) is 3.18. The molecule has 2 aromatic rings. The van der Waals surface area contributed by atoms with E-state index in [1.807, 2.05) is 96.9 Å². The summed E-state index contributed by atoms with van der Waals surface area (Å²) in [7, 11) is 0. The van der Waals surface area contributed by atoms with E-state index >= 15 is 0 Å². The number of thiophene rings is 2. The van der Waals surface area contributed by atoms with Crippen LogP contribution in [0.1, 0.15) is 92.8 Å². The maximum Gasteiger partial charge on any atom is 0.110 e. The van der Waals surface area contributed by atoms with Crippen LogP contribution in [-0.4, -0.2) is 43.0 Å². The van der Waals surface area contributed by atoms with E-state index in [1.54, 1.807) is 0 Å². The van der Waals surface area contributed by atoms with Crippen molar-refractivity contribution in [1.82, 2.24) is 0 Å². The smallest absolute Gasteiger partial charge is 0.110 e. The zero-order chi connectivity index (χ0) is 28.3. The van der Waals surface area contributed by atoms with Crippen LogP contribution in [0.25, 0.3) is 9.75 Å². The summed E-state index contributed by atoms with van der Waals surface area (Å²) < 4.78 is 0. The molecule has 2 heterocycles. The van der Waals surface area contributed by atoms with Crippen molar-refractivity contribution in [3.8, 4) is 9.75 Å². The molecule has 0 spiro atoms. The number of hydrogen-bond donors (Lipinski definition) is 4. The number of nitrogens with zero attached hydrogens (tertiary/aromatic N) is 4. The van der Waals surface area contributed by atoms with Gasteiger partial charge in [0, 0.05) is 9.75 Å². The van der Waals surface area contributed by atoms with Crippen LogP contribution >= 0.6 is 22.7 Å². The molecule has 0 atom stereocenters. The van der Waals surface area contributed by atoms with E-state index in [4.69, 9.17) is 0 Å². The summed E-state index contributed by atoms with van der Waals surface area (Å²) in [6, 6.07) is 0. The predicted octanol–water partition coefficient (Wildman–Crippen LogP) is 8.07. The van der Waals surface area contributed by atoms with Crippen LogP contribution in [0, 0.1) is 13.8 Å². The first-order chi connectivity index (χ1) is 15.9. The lowest BCUT2D eigenvalue weighted by atomic mass is 10.0. The summed E-state index contributed by atoms with van der Waals surface area (Å²) in [5.41, 5.74) is -0.675. The molecule has 36 heavy (non-hydrogen) atoms. The van der Waals surface area contributed by atoms with Crippen LogP contribution in [0.5, 0.6) is 0 Å². The van der Waals surface area contributed by atoms with Crippen LogP contribution in [0.3, 0.4) is 0 Å². The molecular formula is C26H46N4O4S2. The molecule has 0 unspecified atom stereocenters. The van der Waals surface area contributed by atoms with E-state index in [0.29, 0.717) is 32.5 Å². The summed E-state index contributed by atoms with van der Waals surface area (Å²) in [6.07, 6.45) is 0. The predicted molar refractivity (Wildman–Crippen MR) is 153 cm³/mol. The largest absolute Gasteiger partial charge is 0.288 e. The third-order valence-electron chi connectivity index (χ3n) is 5.65. The van der Waals surface area contributed by atoms with Gasteiger partial charge in [-0.1, -0.05) is 0 Å². The van der Waals surface area contributed by atoms with Gasteiger partial charge in [0.25, 0.3) is 0 Å². The monoisotopic (exact) mass is 542 g/mol. The van der Waals surface area contributed by atoms with Gasteiger partial charge in [0.2, 0.25) is 0 Å². The molecule has 206 valence electrons. The Morgan fingerprint density at radius 1 is 0.417 bits per heavy atom. The van der Waals surface area contributed by atoms with Crippen molar-refractivity contribution in [1.29, 1.82) is 0 Å². The molecule has 4 N–H and O–H groups in total. The zero-order valence-electron chi connectivity index (χ0n) is 24.4. The summed E-state index contributed by atoms with van der Waals surface area (Å²) in [4.78, 5) is 3.03. The van der Waals surface area contributed by atoms with Gasteiger partial charge in [0.15, 0.2) is 0 Å². The minimum atomic E-state index is -0.678. The number of aryl methyl sites for hydroxylation is 2. The first-order valence-corrected chi connectivity index (χ1v) is 13.8. The second kappa shape index (κ2) is 9.63. The lowest BCUT2D eigenvalue weighted by Crippen LogP contribution is -2.43. The molecule has 8 nitrogen and oxygen atoms in total. The van der Waals surface area contributed by atoms with E-state index in [0.717, 1.165) is 9.75 Å². The molecule has 0 aliphatic rings. The Morgan fingerprint density at radius 3 is 0.806 bits per heavy atom. The highest BCUT2D eigenvalue weighted by atomic mass is 32.1. The van der Waals surface area contributed by atoms with Crippen molar-refractivity contribution in [2.75, 3.05) is 20.3 Å². The Kier molecular flexibility index (Phi) is 8.21. The van der Waals surface area contributed by atoms with Crippen LogP contribution in [0.2, 0.25) is 0 Å². The fourth-order valence-electron chi connectivity index (χ4n) is 3.59. The maximum absolute atomic E-state index is 11.5. The van der Waals surface area contributed by atoms with Gasteiger partial charge in [-0.05, 0) is 96.9 Å². The van der Waals surface area contributed by atoms with Crippen molar-refractivity contribution in [3.63, 3.8) is 0 Å². The molecule has 0 aliphatic heterocycles. The van der Waals surface area contributed by atoms with Crippen molar-refractivity contribution < 1.29 is 20.8 Å². The summed E-state index contributed by atoms with van der Waals surface area (Å²) in [5.74, 6) is 0. The standard InChI is InChI=1S/C26H46N4O4S2/c1-15-17(27(31)23(3,4)5)19(29(33)25(9,10)11)21(35-15)22-20(30(34)26(12,13)14)18(16(2)36-22)28(32)24(6,7)8/h31-34H,1-14H3. The van der Waals surface area contributed by atoms with Gasteiger partial charge in [-0.15, -0.1) is 22.7 Å². The summed E-state index contributed by atoms with van der Waals surface area (Å²) in [5, 5.41) is 50.2. The van der Waals surface area contributed by atoms with Crippen molar-refractivity contribution in [2.24, 2.45) is 0 Å². The molecule has 0 saturated carbocycles. The molecule has 0 saturated heterocycles. The Labute approximate surface area is 224 Å². The van der Waals surface area contributed by atoms with Crippen LogP contribution in [0.15, 0.2) is 0 Å². The highest BCUT2D eigenvalue weighted by molar-refractivity contribution is 7.23. The quantitative estimate of drug-likeness (QED) is 0.282. The topological polar surface area (TPSA) is 93.9 Å². The fourth-order valence-corrected chi connectivity index (χ4v) is 5.95. The van der Waals surface area contributed by atoms with E-state index in [-0.39, 0.29) is 0 Å². The SMILES string of the molecule is Cc1sc(-c2sc(C)c(N(O)C(C)(C)C)c2N(O)C(C)(C)C)c(N(O)C(C)(C)C)c1N(O)C(C)(C)C. The van der Waals surface area contributed by atoms with Crippen LogP contribution in [-0.2, 0) is 0 Å². The average molecular weight is 543 g/mol. The lowest BCUT2D eigenvalue weighted by molar-refractivity contribution is 0.167. The highest BCUT2D eigenvalue weighted by Crippen LogP contribution is 2.57. The van der Waals surface area contributed by atoms with Gasteiger partial charge in [-0.2, -0.15) is 0 Å². The zero-order valence-corrected chi connectivity index (χ0v) is 26.0.